The highest BCUT2D eigenvalue weighted by Gasteiger charge is 2.14. The normalized spacial score (nSPS) is 12.2. The van der Waals surface area contributed by atoms with Gasteiger partial charge in [-0.15, -0.1) is 10.2 Å². The Hall–Kier alpha value is -3.79. The van der Waals surface area contributed by atoms with Gasteiger partial charge in [0.2, 0.25) is 17.8 Å². The number of hydrogen-bond donors (Lipinski definition) is 2. The lowest BCUT2D eigenvalue weighted by Gasteiger charge is -2.01. The van der Waals surface area contributed by atoms with Gasteiger partial charge in [-0.05, 0) is 42.8 Å². The third kappa shape index (κ3) is 4.78. The summed E-state index contributed by atoms with van der Waals surface area (Å²) in [6, 6.07) is 12.5. The minimum absolute atomic E-state index is 0.00342. The molecule has 1 aliphatic rings. The Kier molecular flexibility index (Phi) is 5.66. The molecule has 0 bridgehead atoms. The van der Waals surface area contributed by atoms with Crippen molar-refractivity contribution in [3.8, 4) is 11.5 Å². The van der Waals surface area contributed by atoms with Crippen LogP contribution in [-0.4, -0.2) is 35.0 Å². The van der Waals surface area contributed by atoms with E-state index in [2.05, 4.69) is 26.0 Å². The van der Waals surface area contributed by atoms with E-state index < -0.39 is 0 Å². The summed E-state index contributed by atoms with van der Waals surface area (Å²) in [7, 11) is 0. The van der Waals surface area contributed by atoms with E-state index in [1.807, 2.05) is 19.1 Å². The number of fused-ring (bicyclic) bond motifs is 1. The van der Waals surface area contributed by atoms with Gasteiger partial charge in [0.25, 0.3) is 5.91 Å². The van der Waals surface area contributed by atoms with Gasteiger partial charge in [-0.2, -0.15) is 5.10 Å². The molecule has 0 spiro atoms. The Morgan fingerprint density at radius 3 is 2.77 bits per heavy atom. The number of hydrogen-bond acceptors (Lipinski definition) is 8. The molecule has 1 aromatic heterocycles. The molecule has 2 N–H and O–H groups in total. The lowest BCUT2D eigenvalue weighted by atomic mass is 10.1. The topological polar surface area (TPSA) is 115 Å². The number of ether oxygens (including phenoxy) is 2. The smallest absolute Gasteiger partial charge is 0.257 e. The monoisotopic (exact) mass is 423 g/mol. The highest BCUT2D eigenvalue weighted by molar-refractivity contribution is 7.15. The van der Waals surface area contributed by atoms with Gasteiger partial charge in [0.1, 0.15) is 5.01 Å². The van der Waals surface area contributed by atoms with Crippen LogP contribution in [0.25, 0.3) is 0 Å². The molecule has 10 heteroatoms. The van der Waals surface area contributed by atoms with E-state index in [0.29, 0.717) is 27.2 Å². The predicted octanol–water partition coefficient (Wildman–Crippen LogP) is 2.52. The second kappa shape index (κ2) is 8.70. The summed E-state index contributed by atoms with van der Waals surface area (Å²) in [6.45, 7) is 2.14. The van der Waals surface area contributed by atoms with Gasteiger partial charge < -0.3 is 9.47 Å². The zero-order chi connectivity index (χ0) is 20.9. The average Bonchev–Trinajstić information content (AvgIpc) is 3.37. The highest BCUT2D eigenvalue weighted by atomic mass is 32.1. The quantitative estimate of drug-likeness (QED) is 0.465. The summed E-state index contributed by atoms with van der Waals surface area (Å²) in [5, 5.41) is 15.2. The van der Waals surface area contributed by atoms with Crippen molar-refractivity contribution in [3.63, 3.8) is 0 Å². The molecule has 2 amide bonds. The van der Waals surface area contributed by atoms with Crippen LogP contribution in [-0.2, 0) is 11.2 Å². The number of carbonyl (C=O) groups excluding carboxylic acids is 2. The van der Waals surface area contributed by atoms with E-state index in [-0.39, 0.29) is 25.0 Å². The lowest BCUT2D eigenvalue weighted by Crippen LogP contribution is -2.19. The van der Waals surface area contributed by atoms with Crippen LogP contribution in [0.15, 0.2) is 47.6 Å². The Balaban J connectivity index is 1.28. The van der Waals surface area contributed by atoms with Crippen molar-refractivity contribution in [2.75, 3.05) is 12.1 Å². The average molecular weight is 423 g/mol. The van der Waals surface area contributed by atoms with Crippen LogP contribution in [0.2, 0.25) is 0 Å². The summed E-state index contributed by atoms with van der Waals surface area (Å²) >= 11 is 1.13. The number of anilines is 1. The number of benzene rings is 2. The van der Waals surface area contributed by atoms with Gasteiger partial charge in [-0.1, -0.05) is 29.0 Å². The number of aryl methyl sites for hydroxylation is 1. The molecule has 0 aliphatic carbocycles. The number of nitrogens with zero attached hydrogens (tertiary/aromatic N) is 3. The first-order valence-corrected chi connectivity index (χ1v) is 9.80. The number of rotatable bonds is 6. The molecule has 3 aromatic rings. The standard InChI is InChI=1S/C20H17N5O4S/c1-12-2-5-14(6-3-12)19(27)22-20-25-24-18(30-20)9-17(26)23-21-10-13-4-7-15-16(8-13)29-11-28-15/h2-8,10H,9,11H2,1H3,(H,23,26)(H,22,25,27)/b21-10+. The molecule has 4 rings (SSSR count). The van der Waals surface area contributed by atoms with Crippen LogP contribution < -0.4 is 20.2 Å². The number of amides is 2. The maximum atomic E-state index is 12.2. The van der Waals surface area contributed by atoms with E-state index in [1.54, 1.807) is 30.3 Å². The van der Waals surface area contributed by atoms with Crippen LogP contribution in [0.1, 0.15) is 26.5 Å². The lowest BCUT2D eigenvalue weighted by molar-refractivity contribution is -0.120. The van der Waals surface area contributed by atoms with Crippen molar-refractivity contribution >= 4 is 34.5 Å². The summed E-state index contributed by atoms with van der Waals surface area (Å²) in [5.74, 6) is 0.687. The van der Waals surface area contributed by atoms with Gasteiger partial charge in [0.15, 0.2) is 11.5 Å². The van der Waals surface area contributed by atoms with E-state index in [0.717, 1.165) is 22.5 Å². The molecule has 0 saturated carbocycles. The summed E-state index contributed by atoms with van der Waals surface area (Å²) in [4.78, 5) is 24.3. The second-order valence-electron chi connectivity index (χ2n) is 6.40. The second-order valence-corrected chi connectivity index (χ2v) is 7.47. The molecule has 1 aliphatic heterocycles. The molecule has 0 saturated heterocycles. The zero-order valence-electron chi connectivity index (χ0n) is 15.9. The van der Waals surface area contributed by atoms with Gasteiger partial charge in [0, 0.05) is 5.56 Å². The van der Waals surface area contributed by atoms with E-state index in [1.165, 1.54) is 6.21 Å². The maximum absolute atomic E-state index is 12.2. The summed E-state index contributed by atoms with van der Waals surface area (Å²) in [6.07, 6.45) is 1.50. The van der Waals surface area contributed by atoms with Crippen molar-refractivity contribution in [3.05, 3.63) is 64.2 Å². The minimum Gasteiger partial charge on any atom is -0.454 e. The fourth-order valence-electron chi connectivity index (χ4n) is 2.60. The number of hydrazone groups is 1. The predicted molar refractivity (Wildman–Crippen MR) is 111 cm³/mol. The van der Waals surface area contributed by atoms with E-state index in [4.69, 9.17) is 9.47 Å². The van der Waals surface area contributed by atoms with Crippen molar-refractivity contribution in [1.82, 2.24) is 15.6 Å². The third-order valence-electron chi connectivity index (χ3n) is 4.11. The molecule has 30 heavy (non-hydrogen) atoms. The van der Waals surface area contributed by atoms with Gasteiger partial charge >= 0.3 is 0 Å². The van der Waals surface area contributed by atoms with Crippen molar-refractivity contribution < 1.29 is 19.1 Å². The van der Waals surface area contributed by atoms with Crippen LogP contribution in [0.5, 0.6) is 11.5 Å². The molecular formula is C20H17N5O4S. The molecule has 0 radical (unpaired) electrons. The first kappa shape index (κ1) is 19.5. The van der Waals surface area contributed by atoms with Crippen molar-refractivity contribution in [2.45, 2.75) is 13.3 Å². The Morgan fingerprint density at radius 2 is 1.93 bits per heavy atom. The number of aromatic nitrogens is 2. The van der Waals surface area contributed by atoms with Crippen LogP contribution >= 0.6 is 11.3 Å². The highest BCUT2D eigenvalue weighted by Crippen LogP contribution is 2.31. The van der Waals surface area contributed by atoms with Gasteiger partial charge in [-0.25, -0.2) is 5.43 Å². The van der Waals surface area contributed by atoms with Crippen LogP contribution in [0.4, 0.5) is 5.13 Å². The third-order valence-corrected chi connectivity index (χ3v) is 4.95. The number of nitrogens with one attached hydrogen (secondary N) is 2. The fraction of sp³-hybridized carbons (Fsp3) is 0.150. The molecule has 152 valence electrons. The fourth-order valence-corrected chi connectivity index (χ4v) is 3.33. The molecule has 9 nitrogen and oxygen atoms in total. The SMILES string of the molecule is Cc1ccc(C(=O)Nc2nnc(CC(=O)N/N=C/c3ccc4c(c3)OCO4)s2)cc1. The number of carbonyl (C=O) groups is 2. The first-order chi connectivity index (χ1) is 14.6. The van der Waals surface area contributed by atoms with E-state index in [9.17, 15) is 9.59 Å². The minimum atomic E-state index is -0.348. The van der Waals surface area contributed by atoms with Crippen molar-refractivity contribution in [2.24, 2.45) is 5.10 Å². The Labute approximate surface area is 175 Å². The Bertz CT molecular complexity index is 1110. The molecular weight excluding hydrogens is 406 g/mol. The molecule has 0 atom stereocenters. The Morgan fingerprint density at radius 1 is 1.13 bits per heavy atom. The molecule has 2 heterocycles. The van der Waals surface area contributed by atoms with Gasteiger partial charge in [-0.3, -0.25) is 14.9 Å². The van der Waals surface area contributed by atoms with Crippen LogP contribution in [0.3, 0.4) is 0 Å². The van der Waals surface area contributed by atoms with Crippen molar-refractivity contribution in [1.29, 1.82) is 0 Å². The molecule has 0 unspecified atom stereocenters. The first-order valence-electron chi connectivity index (χ1n) is 8.99. The summed E-state index contributed by atoms with van der Waals surface area (Å²) in [5.41, 5.74) is 4.79. The molecule has 2 aromatic carbocycles. The summed E-state index contributed by atoms with van der Waals surface area (Å²) < 4.78 is 10.5. The largest absolute Gasteiger partial charge is 0.454 e. The maximum Gasteiger partial charge on any atom is 0.257 e. The zero-order valence-corrected chi connectivity index (χ0v) is 16.7. The van der Waals surface area contributed by atoms with Crippen LogP contribution in [0, 0.1) is 6.92 Å². The van der Waals surface area contributed by atoms with Gasteiger partial charge in [0.05, 0.1) is 12.6 Å². The molecule has 0 fully saturated rings. The van der Waals surface area contributed by atoms with E-state index >= 15 is 0 Å².